The summed E-state index contributed by atoms with van der Waals surface area (Å²) in [5, 5.41) is 0. The monoisotopic (exact) mass is 232 g/mol. The highest BCUT2D eigenvalue weighted by molar-refractivity contribution is 7.70. The van der Waals surface area contributed by atoms with E-state index in [0.29, 0.717) is 7.92 Å². The lowest BCUT2D eigenvalue weighted by atomic mass is 9.99. The summed E-state index contributed by atoms with van der Waals surface area (Å²) in [6.07, 6.45) is 12.0. The first-order valence-electron chi connectivity index (χ1n) is 6.29. The van der Waals surface area contributed by atoms with Crippen LogP contribution in [0.5, 0.6) is 0 Å². The molecule has 0 saturated heterocycles. The van der Waals surface area contributed by atoms with E-state index in [0.717, 1.165) is 4.90 Å². The van der Waals surface area contributed by atoms with E-state index in [1.807, 2.05) is 0 Å². The van der Waals surface area contributed by atoms with Crippen LogP contribution in [-0.2, 0) is 0 Å². The normalized spacial score (nSPS) is 22.3. The summed E-state index contributed by atoms with van der Waals surface area (Å²) in [4.78, 5) is 0.839. The molecule has 0 aromatic carbocycles. The summed E-state index contributed by atoms with van der Waals surface area (Å²) >= 11 is 0. The van der Waals surface area contributed by atoms with Gasteiger partial charge < -0.3 is 0 Å². The standard InChI is InChI=1S/C12H26P2/c1-4-13-12(14(5-2)6-3)10-8-7-9-11-12/h13H,4-11H2,1-3H3. The maximum Gasteiger partial charge on any atom is 0.00775 e. The lowest BCUT2D eigenvalue weighted by Crippen LogP contribution is -2.26. The minimum absolute atomic E-state index is 0.348. The SMILES string of the molecule is CCPC1(P(CC)CC)CCCCC1. The highest BCUT2D eigenvalue weighted by atomic mass is 31.2. The molecule has 1 unspecified atom stereocenters. The van der Waals surface area contributed by atoms with Crippen molar-refractivity contribution in [3.8, 4) is 0 Å². The van der Waals surface area contributed by atoms with Crippen molar-refractivity contribution in [2.75, 3.05) is 18.5 Å². The Labute approximate surface area is 93.2 Å². The van der Waals surface area contributed by atoms with Gasteiger partial charge in [0.25, 0.3) is 0 Å². The zero-order chi connectivity index (χ0) is 10.4. The smallest absolute Gasteiger partial charge is 0.00775 e. The van der Waals surface area contributed by atoms with E-state index in [4.69, 9.17) is 0 Å². The average Bonchev–Trinajstić information content (AvgIpc) is 2.21. The third-order valence-corrected chi connectivity index (χ3v) is 9.67. The second-order valence-electron chi connectivity index (χ2n) is 4.29. The zero-order valence-electron chi connectivity index (χ0n) is 10.1. The van der Waals surface area contributed by atoms with Crippen LogP contribution in [0.1, 0.15) is 52.9 Å². The lowest BCUT2D eigenvalue weighted by molar-refractivity contribution is 0.481. The van der Waals surface area contributed by atoms with Crippen LogP contribution in [-0.4, -0.2) is 23.4 Å². The Balaban J connectivity index is 2.67. The number of hydrogen-bond donors (Lipinski definition) is 0. The highest BCUT2D eigenvalue weighted by Crippen LogP contribution is 2.64. The van der Waals surface area contributed by atoms with Crippen LogP contribution in [0.3, 0.4) is 0 Å². The average molecular weight is 232 g/mol. The van der Waals surface area contributed by atoms with Crippen LogP contribution in [0, 0.1) is 0 Å². The minimum Gasteiger partial charge on any atom is -0.111 e. The van der Waals surface area contributed by atoms with E-state index in [-0.39, 0.29) is 0 Å². The van der Waals surface area contributed by atoms with Crippen LogP contribution in [0.2, 0.25) is 0 Å². The Hall–Kier alpha value is 0.860. The molecule has 0 radical (unpaired) electrons. The fraction of sp³-hybridized carbons (Fsp3) is 1.00. The predicted octanol–water partition coefficient (Wildman–Crippen LogP) is 4.87. The van der Waals surface area contributed by atoms with Gasteiger partial charge in [-0.15, -0.1) is 8.58 Å². The van der Waals surface area contributed by atoms with Crippen LogP contribution < -0.4 is 0 Å². The topological polar surface area (TPSA) is 0 Å². The Morgan fingerprint density at radius 3 is 2.00 bits per heavy atom. The third kappa shape index (κ3) is 2.93. The fourth-order valence-corrected chi connectivity index (χ4v) is 9.19. The van der Waals surface area contributed by atoms with E-state index >= 15 is 0 Å². The molecule has 14 heavy (non-hydrogen) atoms. The van der Waals surface area contributed by atoms with Gasteiger partial charge in [-0.2, -0.15) is 0 Å². The van der Waals surface area contributed by atoms with E-state index in [1.165, 1.54) is 46.3 Å². The molecular weight excluding hydrogens is 206 g/mol. The van der Waals surface area contributed by atoms with Gasteiger partial charge in [-0.25, -0.2) is 0 Å². The van der Waals surface area contributed by atoms with Crippen molar-refractivity contribution in [3.63, 3.8) is 0 Å². The summed E-state index contributed by atoms with van der Waals surface area (Å²) in [7, 11) is 1.60. The van der Waals surface area contributed by atoms with Gasteiger partial charge in [-0.05, 0) is 31.3 Å². The molecule has 0 aliphatic heterocycles. The maximum absolute atomic E-state index is 2.42. The molecule has 2 heteroatoms. The molecule has 0 nitrogen and oxygen atoms in total. The van der Waals surface area contributed by atoms with Gasteiger partial charge >= 0.3 is 0 Å². The Morgan fingerprint density at radius 1 is 1.00 bits per heavy atom. The Kier molecular flexibility index (Phi) is 5.95. The van der Waals surface area contributed by atoms with Crippen LogP contribution in [0.25, 0.3) is 0 Å². The van der Waals surface area contributed by atoms with Crippen molar-refractivity contribution in [1.82, 2.24) is 0 Å². The molecule has 0 heterocycles. The van der Waals surface area contributed by atoms with Crippen molar-refractivity contribution < 1.29 is 0 Å². The first-order valence-corrected chi connectivity index (χ1v) is 9.21. The second kappa shape index (κ2) is 6.44. The molecule has 0 bridgehead atoms. The molecule has 0 aromatic rings. The van der Waals surface area contributed by atoms with Crippen LogP contribution in [0.4, 0.5) is 0 Å². The van der Waals surface area contributed by atoms with Crippen molar-refractivity contribution in [3.05, 3.63) is 0 Å². The van der Waals surface area contributed by atoms with Gasteiger partial charge in [0.1, 0.15) is 0 Å². The lowest BCUT2D eigenvalue weighted by Gasteiger charge is -2.44. The Bertz CT molecular complexity index is 141. The first-order chi connectivity index (χ1) is 6.79. The molecule has 1 aliphatic carbocycles. The quantitative estimate of drug-likeness (QED) is 0.593. The van der Waals surface area contributed by atoms with Crippen LogP contribution >= 0.6 is 16.5 Å². The number of rotatable bonds is 5. The molecule has 0 amide bonds. The van der Waals surface area contributed by atoms with Gasteiger partial charge in [-0.1, -0.05) is 48.0 Å². The molecule has 1 saturated carbocycles. The largest absolute Gasteiger partial charge is 0.111 e. The molecular formula is C12H26P2. The van der Waals surface area contributed by atoms with Gasteiger partial charge in [0.05, 0.1) is 0 Å². The third-order valence-electron chi connectivity index (χ3n) is 3.56. The summed E-state index contributed by atoms with van der Waals surface area (Å²) < 4.78 is 0. The maximum atomic E-state index is 2.42. The molecule has 1 fully saturated rings. The van der Waals surface area contributed by atoms with Gasteiger partial charge in [0.15, 0.2) is 0 Å². The predicted molar refractivity (Wildman–Crippen MR) is 72.7 cm³/mol. The van der Waals surface area contributed by atoms with E-state index < -0.39 is 0 Å². The summed E-state index contributed by atoms with van der Waals surface area (Å²) in [5.41, 5.74) is 0. The van der Waals surface area contributed by atoms with Crippen molar-refractivity contribution in [2.45, 2.75) is 57.8 Å². The first kappa shape index (κ1) is 12.9. The van der Waals surface area contributed by atoms with Gasteiger partial charge in [0, 0.05) is 4.90 Å². The van der Waals surface area contributed by atoms with Crippen molar-refractivity contribution in [2.24, 2.45) is 0 Å². The highest BCUT2D eigenvalue weighted by Gasteiger charge is 2.36. The molecule has 0 aromatic heterocycles. The van der Waals surface area contributed by atoms with Crippen LogP contribution in [0.15, 0.2) is 0 Å². The van der Waals surface area contributed by atoms with Gasteiger partial charge in [0.2, 0.25) is 0 Å². The zero-order valence-corrected chi connectivity index (χ0v) is 12.0. The Morgan fingerprint density at radius 2 is 1.57 bits per heavy atom. The van der Waals surface area contributed by atoms with Crippen molar-refractivity contribution >= 4 is 16.5 Å². The molecule has 1 atom stereocenters. The molecule has 0 N–H and O–H groups in total. The fourth-order valence-electron chi connectivity index (χ4n) is 2.90. The molecule has 84 valence electrons. The van der Waals surface area contributed by atoms with Gasteiger partial charge in [-0.3, -0.25) is 0 Å². The number of hydrogen-bond acceptors (Lipinski definition) is 0. The van der Waals surface area contributed by atoms with E-state index in [9.17, 15) is 0 Å². The second-order valence-corrected chi connectivity index (χ2v) is 9.93. The molecule has 0 spiro atoms. The van der Waals surface area contributed by atoms with E-state index in [1.54, 1.807) is 12.8 Å². The molecule has 1 rings (SSSR count). The molecule has 1 aliphatic rings. The minimum atomic E-state index is 0.348. The van der Waals surface area contributed by atoms with E-state index in [2.05, 4.69) is 20.8 Å². The van der Waals surface area contributed by atoms with Crippen molar-refractivity contribution in [1.29, 1.82) is 0 Å². The summed E-state index contributed by atoms with van der Waals surface area (Å²) in [6.45, 7) is 7.23. The summed E-state index contributed by atoms with van der Waals surface area (Å²) in [5.74, 6) is 0. The summed E-state index contributed by atoms with van der Waals surface area (Å²) in [6, 6.07) is 0.